The highest BCUT2D eigenvalue weighted by Gasteiger charge is 2.15. The Morgan fingerprint density at radius 2 is 1.90 bits per heavy atom. The summed E-state index contributed by atoms with van der Waals surface area (Å²) in [4.78, 5) is 12.1. The molecule has 0 bridgehead atoms. The SMILES string of the molecule is O=C(Nc1ccc2c(c1)CCC2)c1cc(Br)ccc1F. The molecule has 0 spiro atoms. The molecule has 0 aliphatic heterocycles. The highest BCUT2D eigenvalue weighted by atomic mass is 79.9. The summed E-state index contributed by atoms with van der Waals surface area (Å²) in [5.74, 6) is -0.950. The predicted molar refractivity (Wildman–Crippen MR) is 80.5 cm³/mol. The largest absolute Gasteiger partial charge is 0.322 e. The summed E-state index contributed by atoms with van der Waals surface area (Å²) in [5.41, 5.74) is 3.38. The van der Waals surface area contributed by atoms with Gasteiger partial charge in [-0.1, -0.05) is 22.0 Å². The summed E-state index contributed by atoms with van der Waals surface area (Å²) in [6.07, 6.45) is 3.31. The highest BCUT2D eigenvalue weighted by Crippen LogP contribution is 2.25. The maximum Gasteiger partial charge on any atom is 0.258 e. The first-order valence-corrected chi connectivity index (χ1v) is 7.31. The molecule has 0 fully saturated rings. The average Bonchev–Trinajstić information content (AvgIpc) is 2.89. The van der Waals surface area contributed by atoms with Crippen LogP contribution in [0.5, 0.6) is 0 Å². The van der Waals surface area contributed by atoms with E-state index in [0.29, 0.717) is 4.47 Å². The lowest BCUT2D eigenvalue weighted by Gasteiger charge is -2.08. The molecule has 0 saturated heterocycles. The fraction of sp³-hybridized carbons (Fsp3) is 0.188. The lowest BCUT2D eigenvalue weighted by Crippen LogP contribution is -2.14. The summed E-state index contributed by atoms with van der Waals surface area (Å²) in [6, 6.07) is 10.2. The van der Waals surface area contributed by atoms with E-state index in [4.69, 9.17) is 0 Å². The molecule has 0 saturated carbocycles. The van der Waals surface area contributed by atoms with Crippen LogP contribution in [0.3, 0.4) is 0 Å². The highest BCUT2D eigenvalue weighted by molar-refractivity contribution is 9.10. The Bertz CT molecular complexity index is 684. The Morgan fingerprint density at radius 1 is 1.10 bits per heavy atom. The zero-order valence-electron chi connectivity index (χ0n) is 10.7. The van der Waals surface area contributed by atoms with Crippen molar-refractivity contribution in [2.45, 2.75) is 19.3 Å². The zero-order valence-corrected chi connectivity index (χ0v) is 12.3. The van der Waals surface area contributed by atoms with E-state index in [1.807, 2.05) is 18.2 Å². The van der Waals surface area contributed by atoms with Crippen LogP contribution < -0.4 is 5.32 Å². The van der Waals surface area contributed by atoms with E-state index in [1.54, 1.807) is 6.07 Å². The first-order chi connectivity index (χ1) is 9.63. The number of benzene rings is 2. The van der Waals surface area contributed by atoms with Gasteiger partial charge in [-0.2, -0.15) is 0 Å². The number of fused-ring (bicyclic) bond motifs is 1. The molecule has 1 aliphatic rings. The van der Waals surface area contributed by atoms with Crippen LogP contribution in [-0.2, 0) is 12.8 Å². The van der Waals surface area contributed by atoms with Gasteiger partial charge in [-0.15, -0.1) is 0 Å². The van der Waals surface area contributed by atoms with E-state index in [-0.39, 0.29) is 5.56 Å². The number of amides is 1. The minimum atomic E-state index is -0.521. The van der Waals surface area contributed by atoms with Crippen LogP contribution in [0.2, 0.25) is 0 Å². The molecule has 4 heteroatoms. The van der Waals surface area contributed by atoms with Crippen LogP contribution in [0.4, 0.5) is 10.1 Å². The molecule has 1 aliphatic carbocycles. The fourth-order valence-corrected chi connectivity index (χ4v) is 2.88. The van der Waals surface area contributed by atoms with E-state index >= 15 is 0 Å². The number of anilines is 1. The van der Waals surface area contributed by atoms with Gasteiger partial charge in [-0.25, -0.2) is 4.39 Å². The third-order valence-corrected chi connectivity index (χ3v) is 4.02. The summed E-state index contributed by atoms with van der Waals surface area (Å²) >= 11 is 3.24. The molecule has 0 radical (unpaired) electrons. The lowest BCUT2D eigenvalue weighted by molar-refractivity contribution is 0.102. The summed E-state index contributed by atoms with van der Waals surface area (Å²) < 4.78 is 14.3. The van der Waals surface area contributed by atoms with Crippen LogP contribution in [-0.4, -0.2) is 5.91 Å². The van der Waals surface area contributed by atoms with Gasteiger partial charge in [0.2, 0.25) is 0 Å². The van der Waals surface area contributed by atoms with Gasteiger partial charge in [0.1, 0.15) is 5.82 Å². The van der Waals surface area contributed by atoms with Gasteiger partial charge in [0.15, 0.2) is 0 Å². The van der Waals surface area contributed by atoms with E-state index < -0.39 is 11.7 Å². The molecule has 102 valence electrons. The molecule has 1 N–H and O–H groups in total. The molecule has 2 nitrogen and oxygen atoms in total. The molecule has 0 heterocycles. The van der Waals surface area contributed by atoms with Crippen LogP contribution in [0.25, 0.3) is 0 Å². The lowest BCUT2D eigenvalue weighted by atomic mass is 10.1. The topological polar surface area (TPSA) is 29.1 Å². The van der Waals surface area contributed by atoms with Crippen molar-refractivity contribution in [2.75, 3.05) is 5.32 Å². The molecule has 0 atom stereocenters. The second-order valence-corrected chi connectivity index (χ2v) is 5.83. The summed E-state index contributed by atoms with van der Waals surface area (Å²) in [5, 5.41) is 2.76. The molecular formula is C16H13BrFNO. The Balaban J connectivity index is 1.84. The van der Waals surface area contributed by atoms with Crippen molar-refractivity contribution in [1.29, 1.82) is 0 Å². The normalized spacial score (nSPS) is 13.1. The number of carbonyl (C=O) groups excluding carboxylic acids is 1. The van der Waals surface area contributed by atoms with Crippen molar-refractivity contribution >= 4 is 27.5 Å². The smallest absolute Gasteiger partial charge is 0.258 e. The Morgan fingerprint density at radius 3 is 2.75 bits per heavy atom. The van der Waals surface area contributed by atoms with Crippen molar-refractivity contribution in [3.8, 4) is 0 Å². The molecule has 2 aromatic rings. The maximum atomic E-state index is 13.7. The average molecular weight is 334 g/mol. The van der Waals surface area contributed by atoms with Gasteiger partial charge in [-0.05, 0) is 60.7 Å². The molecule has 1 amide bonds. The first kappa shape index (κ1) is 13.3. The van der Waals surface area contributed by atoms with E-state index in [2.05, 4.69) is 21.2 Å². The van der Waals surface area contributed by atoms with Crippen molar-refractivity contribution < 1.29 is 9.18 Å². The third-order valence-electron chi connectivity index (χ3n) is 3.53. The number of halogens is 2. The number of rotatable bonds is 2. The Kier molecular flexibility index (Phi) is 3.57. The number of nitrogens with one attached hydrogen (secondary N) is 1. The minimum absolute atomic E-state index is 0.0415. The molecule has 2 aromatic carbocycles. The minimum Gasteiger partial charge on any atom is -0.322 e. The van der Waals surface area contributed by atoms with Crippen LogP contribution in [0, 0.1) is 5.82 Å². The van der Waals surface area contributed by atoms with Gasteiger partial charge >= 0.3 is 0 Å². The predicted octanol–water partition coefficient (Wildman–Crippen LogP) is 4.33. The van der Waals surface area contributed by atoms with E-state index in [0.717, 1.165) is 24.9 Å². The number of aryl methyl sites for hydroxylation is 2. The maximum absolute atomic E-state index is 13.7. The zero-order chi connectivity index (χ0) is 14.1. The summed E-state index contributed by atoms with van der Waals surface area (Å²) in [7, 11) is 0. The van der Waals surface area contributed by atoms with E-state index in [1.165, 1.54) is 23.3 Å². The molecule has 3 rings (SSSR count). The number of hydrogen-bond acceptors (Lipinski definition) is 1. The molecule has 20 heavy (non-hydrogen) atoms. The molecular weight excluding hydrogens is 321 g/mol. The van der Waals surface area contributed by atoms with Crippen LogP contribution >= 0.6 is 15.9 Å². The van der Waals surface area contributed by atoms with Gasteiger partial charge in [-0.3, -0.25) is 4.79 Å². The van der Waals surface area contributed by atoms with Gasteiger partial charge in [0, 0.05) is 10.2 Å². The van der Waals surface area contributed by atoms with Crippen molar-refractivity contribution in [3.05, 3.63) is 63.4 Å². The van der Waals surface area contributed by atoms with Crippen molar-refractivity contribution in [2.24, 2.45) is 0 Å². The number of carbonyl (C=O) groups is 1. The number of hydrogen-bond donors (Lipinski definition) is 1. The van der Waals surface area contributed by atoms with E-state index in [9.17, 15) is 9.18 Å². The van der Waals surface area contributed by atoms with Crippen LogP contribution in [0.1, 0.15) is 27.9 Å². The van der Waals surface area contributed by atoms with Gasteiger partial charge < -0.3 is 5.32 Å². The second kappa shape index (κ2) is 5.37. The first-order valence-electron chi connectivity index (χ1n) is 6.52. The standard InChI is InChI=1S/C16H13BrFNO/c17-12-5-7-15(18)14(9-12)16(20)19-13-6-4-10-2-1-3-11(10)8-13/h4-9H,1-3H2,(H,19,20). The Hall–Kier alpha value is -1.68. The van der Waals surface area contributed by atoms with Crippen LogP contribution in [0.15, 0.2) is 40.9 Å². The fourth-order valence-electron chi connectivity index (χ4n) is 2.52. The quantitative estimate of drug-likeness (QED) is 0.870. The van der Waals surface area contributed by atoms with Gasteiger partial charge in [0.05, 0.1) is 5.56 Å². The molecule has 0 unspecified atom stereocenters. The van der Waals surface area contributed by atoms with Crippen molar-refractivity contribution in [3.63, 3.8) is 0 Å². The monoisotopic (exact) mass is 333 g/mol. The van der Waals surface area contributed by atoms with Gasteiger partial charge in [0.25, 0.3) is 5.91 Å². The molecule has 0 aromatic heterocycles. The second-order valence-electron chi connectivity index (χ2n) is 4.92. The van der Waals surface area contributed by atoms with Crippen molar-refractivity contribution in [1.82, 2.24) is 0 Å². The Labute approximate surface area is 125 Å². The summed E-state index contributed by atoms with van der Waals surface area (Å²) in [6.45, 7) is 0. The third kappa shape index (κ3) is 2.61.